The van der Waals surface area contributed by atoms with E-state index in [9.17, 15) is 18.0 Å². The Morgan fingerprint density at radius 1 is 1.00 bits per heavy atom. The Morgan fingerprint density at radius 3 is 2.66 bits per heavy atom. The van der Waals surface area contributed by atoms with Gasteiger partial charge in [-0.3, -0.25) is 4.79 Å². The van der Waals surface area contributed by atoms with Gasteiger partial charge in [0.1, 0.15) is 30.8 Å². The maximum atomic E-state index is 13.5. The minimum Gasteiger partial charge on any atom is -0.493 e. The number of carbonyl (C=O) groups is 1. The highest BCUT2D eigenvalue weighted by atomic mass is 19.4. The van der Waals surface area contributed by atoms with Gasteiger partial charge in [0.15, 0.2) is 5.78 Å². The summed E-state index contributed by atoms with van der Waals surface area (Å²) in [5, 5.41) is 0. The molecule has 0 radical (unpaired) electrons. The Hall–Kier alpha value is -2.80. The van der Waals surface area contributed by atoms with Gasteiger partial charge in [0.05, 0.1) is 23.7 Å². The number of benzene rings is 2. The molecule has 0 N–H and O–H groups in total. The monoisotopic (exact) mass is 402 g/mol. The van der Waals surface area contributed by atoms with Gasteiger partial charge in [-0.15, -0.1) is 0 Å². The highest BCUT2D eigenvalue weighted by Crippen LogP contribution is 2.43. The van der Waals surface area contributed by atoms with E-state index < -0.39 is 17.7 Å². The number of halogens is 3. The van der Waals surface area contributed by atoms with E-state index in [1.165, 1.54) is 18.2 Å². The number of hydrogen-bond donors (Lipinski definition) is 0. The molecular formula is C22H17F3O4. The van der Waals surface area contributed by atoms with Gasteiger partial charge in [0.25, 0.3) is 0 Å². The summed E-state index contributed by atoms with van der Waals surface area (Å²) in [5.74, 6) is -0.359. The number of alkyl halides is 3. The van der Waals surface area contributed by atoms with Crippen molar-refractivity contribution in [2.75, 3.05) is 19.8 Å². The van der Waals surface area contributed by atoms with Gasteiger partial charge in [-0.05, 0) is 34.9 Å². The fourth-order valence-electron chi connectivity index (χ4n) is 4.23. The van der Waals surface area contributed by atoms with Crippen molar-refractivity contribution in [1.29, 1.82) is 0 Å². The molecule has 7 heteroatoms. The predicted molar refractivity (Wildman–Crippen MR) is 97.8 cm³/mol. The van der Waals surface area contributed by atoms with E-state index in [4.69, 9.17) is 14.2 Å². The molecule has 0 aromatic heterocycles. The number of ether oxygens (including phenoxy) is 3. The Bertz CT molecular complexity index is 1030. The lowest BCUT2D eigenvalue weighted by atomic mass is 9.81. The summed E-state index contributed by atoms with van der Waals surface area (Å²) in [4.78, 5) is 13.4. The SMILES string of the molecule is O=C1c2c(ccc3c2C=C2OCCOC2C3)OCC1c1ccccc1C(F)(F)F. The summed E-state index contributed by atoms with van der Waals surface area (Å²) in [6, 6.07) is 8.76. The Labute approximate surface area is 164 Å². The number of carbonyl (C=O) groups excluding carboxylic acids is 1. The van der Waals surface area contributed by atoms with Crippen LogP contribution in [-0.4, -0.2) is 31.7 Å². The van der Waals surface area contributed by atoms with Crippen molar-refractivity contribution in [2.24, 2.45) is 0 Å². The van der Waals surface area contributed by atoms with Crippen molar-refractivity contribution < 1.29 is 32.2 Å². The standard InChI is InChI=1S/C22H17F3O4/c23-22(24,25)16-4-2-1-3-13(16)15-11-29-17-6-5-12-9-18-19(28-8-7-27-18)10-14(12)20(17)21(15)26/h1-6,10,15,18H,7-9,11H2. The lowest BCUT2D eigenvalue weighted by Crippen LogP contribution is -2.33. The Balaban J connectivity index is 1.60. The molecule has 2 atom stereocenters. The second kappa shape index (κ2) is 6.62. The van der Waals surface area contributed by atoms with Crippen molar-refractivity contribution >= 4 is 11.9 Å². The van der Waals surface area contributed by atoms with Crippen LogP contribution in [0, 0.1) is 0 Å². The molecule has 2 heterocycles. The van der Waals surface area contributed by atoms with Crippen LogP contribution < -0.4 is 4.74 Å². The molecule has 2 aliphatic heterocycles. The molecule has 0 bridgehead atoms. The highest BCUT2D eigenvalue weighted by molar-refractivity contribution is 6.07. The quantitative estimate of drug-likeness (QED) is 0.710. The van der Waals surface area contributed by atoms with Crippen molar-refractivity contribution in [3.8, 4) is 5.75 Å². The zero-order valence-corrected chi connectivity index (χ0v) is 15.3. The molecule has 1 fully saturated rings. The van der Waals surface area contributed by atoms with Crippen LogP contribution in [0.2, 0.25) is 0 Å². The van der Waals surface area contributed by atoms with Crippen LogP contribution >= 0.6 is 0 Å². The average molecular weight is 402 g/mol. The molecule has 1 aliphatic carbocycles. The highest BCUT2D eigenvalue weighted by Gasteiger charge is 2.41. The van der Waals surface area contributed by atoms with E-state index in [-0.39, 0.29) is 24.1 Å². The van der Waals surface area contributed by atoms with E-state index >= 15 is 0 Å². The van der Waals surface area contributed by atoms with Crippen LogP contribution in [0.15, 0.2) is 42.2 Å². The second-order valence-corrected chi connectivity index (χ2v) is 7.28. The number of hydrogen-bond acceptors (Lipinski definition) is 4. The first kappa shape index (κ1) is 18.2. The van der Waals surface area contributed by atoms with E-state index in [0.717, 1.165) is 11.6 Å². The van der Waals surface area contributed by atoms with E-state index in [1.54, 1.807) is 12.1 Å². The third-order valence-corrected chi connectivity index (χ3v) is 5.59. The number of fused-ring (bicyclic) bond motifs is 4. The van der Waals surface area contributed by atoms with Gasteiger partial charge in [0.2, 0.25) is 0 Å². The van der Waals surface area contributed by atoms with Crippen molar-refractivity contribution in [3.63, 3.8) is 0 Å². The van der Waals surface area contributed by atoms with Gasteiger partial charge >= 0.3 is 6.18 Å². The number of Topliss-reactive ketones (excluding diaryl/α,β-unsaturated/α-hetero) is 1. The van der Waals surface area contributed by atoms with Crippen molar-refractivity contribution in [2.45, 2.75) is 24.6 Å². The number of ketones is 1. The maximum absolute atomic E-state index is 13.5. The van der Waals surface area contributed by atoms with Crippen LogP contribution in [0.4, 0.5) is 13.2 Å². The van der Waals surface area contributed by atoms with Crippen LogP contribution in [-0.2, 0) is 22.1 Å². The first-order valence-corrected chi connectivity index (χ1v) is 9.38. The molecule has 1 saturated heterocycles. The third kappa shape index (κ3) is 3.00. The fraction of sp³-hybridized carbons (Fsp3) is 0.318. The van der Waals surface area contributed by atoms with Crippen molar-refractivity contribution in [3.05, 3.63) is 70.0 Å². The first-order valence-electron chi connectivity index (χ1n) is 9.38. The lowest BCUT2D eigenvalue weighted by molar-refractivity contribution is -0.138. The molecule has 5 rings (SSSR count). The van der Waals surface area contributed by atoms with Gasteiger partial charge in [-0.2, -0.15) is 13.2 Å². The predicted octanol–water partition coefficient (Wildman–Crippen LogP) is 4.38. The largest absolute Gasteiger partial charge is 0.493 e. The molecule has 29 heavy (non-hydrogen) atoms. The Kier molecular flexibility index (Phi) is 4.17. The third-order valence-electron chi connectivity index (χ3n) is 5.59. The van der Waals surface area contributed by atoms with Gasteiger partial charge in [0, 0.05) is 6.42 Å². The molecule has 2 unspecified atom stereocenters. The molecule has 2 aromatic rings. The molecule has 0 spiro atoms. The summed E-state index contributed by atoms with van der Waals surface area (Å²) >= 11 is 0. The first-order chi connectivity index (χ1) is 13.9. The molecule has 0 amide bonds. The van der Waals surface area contributed by atoms with Crippen LogP contribution in [0.1, 0.15) is 38.5 Å². The van der Waals surface area contributed by atoms with Gasteiger partial charge in [-0.25, -0.2) is 0 Å². The van der Waals surface area contributed by atoms with E-state index in [1.807, 2.05) is 6.07 Å². The molecule has 4 nitrogen and oxygen atoms in total. The van der Waals surface area contributed by atoms with Crippen LogP contribution in [0.25, 0.3) is 6.08 Å². The van der Waals surface area contributed by atoms with E-state index in [2.05, 4.69) is 0 Å². The van der Waals surface area contributed by atoms with Crippen LogP contribution in [0.3, 0.4) is 0 Å². The molecule has 150 valence electrons. The summed E-state index contributed by atoms with van der Waals surface area (Å²) in [5.41, 5.74) is 0.989. The lowest BCUT2D eigenvalue weighted by Gasteiger charge is -2.33. The van der Waals surface area contributed by atoms with Gasteiger partial charge < -0.3 is 14.2 Å². The van der Waals surface area contributed by atoms with E-state index in [0.29, 0.717) is 42.3 Å². The van der Waals surface area contributed by atoms with Gasteiger partial charge in [-0.1, -0.05) is 24.3 Å². The topological polar surface area (TPSA) is 44.8 Å². The zero-order chi connectivity index (χ0) is 20.2. The summed E-state index contributed by atoms with van der Waals surface area (Å²) in [6.07, 6.45) is -2.43. The molecule has 3 aliphatic rings. The smallest absolute Gasteiger partial charge is 0.416 e. The summed E-state index contributed by atoms with van der Waals surface area (Å²) in [7, 11) is 0. The maximum Gasteiger partial charge on any atom is 0.416 e. The average Bonchev–Trinajstić information content (AvgIpc) is 2.71. The minimum absolute atomic E-state index is 0.0631. The van der Waals surface area contributed by atoms with Crippen molar-refractivity contribution in [1.82, 2.24) is 0 Å². The molecule has 2 aromatic carbocycles. The Morgan fingerprint density at radius 2 is 1.83 bits per heavy atom. The fourth-order valence-corrected chi connectivity index (χ4v) is 4.23. The molecule has 0 saturated carbocycles. The van der Waals surface area contributed by atoms with Crippen LogP contribution in [0.5, 0.6) is 5.75 Å². The molecular weight excluding hydrogens is 385 g/mol. The minimum atomic E-state index is -4.55. The normalized spacial score (nSPS) is 23.1. The second-order valence-electron chi connectivity index (χ2n) is 7.28. The zero-order valence-electron chi connectivity index (χ0n) is 15.3. The number of rotatable bonds is 1. The summed E-state index contributed by atoms with van der Waals surface area (Å²) in [6.45, 7) is 0.801. The summed E-state index contributed by atoms with van der Waals surface area (Å²) < 4.78 is 57.6.